The first-order valence-corrected chi connectivity index (χ1v) is 4.96. The number of alkyl halides is 2. The van der Waals surface area contributed by atoms with E-state index in [1.165, 1.54) is 0 Å². The van der Waals surface area contributed by atoms with Crippen LogP contribution >= 0.6 is 0 Å². The van der Waals surface area contributed by atoms with Gasteiger partial charge in [-0.15, -0.1) is 0 Å². The Bertz CT molecular complexity index is 134. The second-order valence-electron chi connectivity index (χ2n) is 3.52. The standard InChI is InChI=1S/C9H18F2N2/c1-2-12-8-3-5-13(6-4-8)7-9(10)11/h8-9,12H,2-7H2,1H3. The molecular weight excluding hydrogens is 174 g/mol. The normalized spacial score (nSPS) is 21.2. The molecule has 4 heteroatoms. The van der Waals surface area contributed by atoms with E-state index in [2.05, 4.69) is 12.2 Å². The molecule has 1 saturated heterocycles. The number of rotatable bonds is 4. The largest absolute Gasteiger partial charge is 0.314 e. The fourth-order valence-electron chi connectivity index (χ4n) is 1.80. The minimum absolute atomic E-state index is 0.0567. The third-order valence-corrected chi connectivity index (χ3v) is 2.48. The number of halogens is 2. The predicted molar refractivity (Wildman–Crippen MR) is 49.1 cm³/mol. The van der Waals surface area contributed by atoms with Gasteiger partial charge in [0.15, 0.2) is 0 Å². The van der Waals surface area contributed by atoms with Crippen molar-refractivity contribution in [2.24, 2.45) is 0 Å². The third-order valence-electron chi connectivity index (χ3n) is 2.48. The minimum atomic E-state index is -2.18. The Labute approximate surface area is 78.3 Å². The van der Waals surface area contributed by atoms with Crippen LogP contribution in [0.15, 0.2) is 0 Å². The molecule has 2 nitrogen and oxygen atoms in total. The van der Waals surface area contributed by atoms with Gasteiger partial charge in [-0.25, -0.2) is 8.78 Å². The molecule has 1 N–H and O–H groups in total. The van der Waals surface area contributed by atoms with Crippen molar-refractivity contribution in [2.75, 3.05) is 26.2 Å². The van der Waals surface area contributed by atoms with Crippen LogP contribution in [0.2, 0.25) is 0 Å². The first kappa shape index (κ1) is 10.9. The molecule has 0 unspecified atom stereocenters. The molecule has 0 radical (unpaired) electrons. The molecule has 0 bridgehead atoms. The van der Waals surface area contributed by atoms with Gasteiger partial charge in [0.05, 0.1) is 6.54 Å². The van der Waals surface area contributed by atoms with Gasteiger partial charge in [0.2, 0.25) is 0 Å². The highest BCUT2D eigenvalue weighted by molar-refractivity contribution is 4.76. The Morgan fingerprint density at radius 2 is 2.00 bits per heavy atom. The Balaban J connectivity index is 2.15. The second kappa shape index (κ2) is 5.50. The fourth-order valence-corrected chi connectivity index (χ4v) is 1.80. The van der Waals surface area contributed by atoms with Crippen LogP contribution in [-0.2, 0) is 0 Å². The lowest BCUT2D eigenvalue weighted by atomic mass is 10.1. The Hall–Kier alpha value is -0.220. The lowest BCUT2D eigenvalue weighted by Gasteiger charge is -2.31. The van der Waals surface area contributed by atoms with E-state index in [0.717, 1.165) is 32.5 Å². The first-order chi connectivity index (χ1) is 6.22. The van der Waals surface area contributed by atoms with Crippen molar-refractivity contribution < 1.29 is 8.78 Å². The molecule has 1 aliphatic rings. The molecule has 1 rings (SSSR count). The Morgan fingerprint density at radius 1 is 1.38 bits per heavy atom. The van der Waals surface area contributed by atoms with Crippen LogP contribution in [-0.4, -0.2) is 43.5 Å². The van der Waals surface area contributed by atoms with Gasteiger partial charge in [-0.2, -0.15) is 0 Å². The molecule has 0 aromatic carbocycles. The van der Waals surface area contributed by atoms with Crippen LogP contribution in [0.1, 0.15) is 19.8 Å². The van der Waals surface area contributed by atoms with Crippen LogP contribution in [0.25, 0.3) is 0 Å². The zero-order chi connectivity index (χ0) is 9.68. The van der Waals surface area contributed by atoms with Gasteiger partial charge in [-0.05, 0) is 32.5 Å². The molecule has 13 heavy (non-hydrogen) atoms. The minimum Gasteiger partial charge on any atom is -0.314 e. The fraction of sp³-hybridized carbons (Fsp3) is 1.00. The van der Waals surface area contributed by atoms with Crippen molar-refractivity contribution in [3.8, 4) is 0 Å². The van der Waals surface area contributed by atoms with E-state index in [1.54, 1.807) is 0 Å². The molecule has 0 atom stereocenters. The molecule has 1 heterocycles. The first-order valence-electron chi connectivity index (χ1n) is 4.96. The quantitative estimate of drug-likeness (QED) is 0.722. The number of nitrogens with one attached hydrogen (secondary N) is 1. The van der Waals surface area contributed by atoms with Crippen LogP contribution in [0, 0.1) is 0 Å². The van der Waals surface area contributed by atoms with E-state index < -0.39 is 6.43 Å². The van der Waals surface area contributed by atoms with Crippen LogP contribution in [0.4, 0.5) is 8.78 Å². The maximum Gasteiger partial charge on any atom is 0.251 e. The van der Waals surface area contributed by atoms with Crippen LogP contribution in [0.5, 0.6) is 0 Å². The van der Waals surface area contributed by atoms with E-state index in [1.807, 2.05) is 4.90 Å². The summed E-state index contributed by atoms with van der Waals surface area (Å²) in [7, 11) is 0. The van der Waals surface area contributed by atoms with Gasteiger partial charge in [0.1, 0.15) is 0 Å². The second-order valence-corrected chi connectivity index (χ2v) is 3.52. The molecule has 0 aliphatic carbocycles. The molecule has 0 amide bonds. The lowest BCUT2D eigenvalue weighted by Crippen LogP contribution is -2.43. The predicted octanol–water partition coefficient (Wildman–Crippen LogP) is 1.33. The SMILES string of the molecule is CCNC1CCN(CC(F)F)CC1. The summed E-state index contributed by atoms with van der Waals surface area (Å²) in [5.41, 5.74) is 0. The topological polar surface area (TPSA) is 15.3 Å². The van der Waals surface area contributed by atoms with E-state index in [9.17, 15) is 8.78 Å². The maximum absolute atomic E-state index is 12.0. The number of likely N-dealkylation sites (tertiary alicyclic amines) is 1. The Kier molecular flexibility index (Phi) is 4.59. The average molecular weight is 192 g/mol. The van der Waals surface area contributed by atoms with Crippen molar-refractivity contribution in [3.05, 3.63) is 0 Å². The van der Waals surface area contributed by atoms with Crippen molar-refractivity contribution in [1.82, 2.24) is 10.2 Å². The van der Waals surface area contributed by atoms with Gasteiger partial charge in [0.25, 0.3) is 6.43 Å². The van der Waals surface area contributed by atoms with Gasteiger partial charge in [-0.1, -0.05) is 6.92 Å². The number of hydrogen-bond acceptors (Lipinski definition) is 2. The highest BCUT2D eigenvalue weighted by atomic mass is 19.3. The Morgan fingerprint density at radius 3 is 2.46 bits per heavy atom. The third kappa shape index (κ3) is 4.00. The van der Waals surface area contributed by atoms with Crippen molar-refractivity contribution in [2.45, 2.75) is 32.2 Å². The van der Waals surface area contributed by atoms with Gasteiger partial charge in [-0.3, -0.25) is 4.90 Å². The molecule has 0 aromatic rings. The molecule has 0 saturated carbocycles. The highest BCUT2D eigenvalue weighted by Crippen LogP contribution is 2.11. The summed E-state index contributed by atoms with van der Waals surface area (Å²) in [4.78, 5) is 1.85. The number of hydrogen-bond donors (Lipinski definition) is 1. The monoisotopic (exact) mass is 192 g/mol. The molecule has 1 aliphatic heterocycles. The van der Waals surface area contributed by atoms with Crippen molar-refractivity contribution >= 4 is 0 Å². The van der Waals surface area contributed by atoms with Crippen molar-refractivity contribution in [1.29, 1.82) is 0 Å². The van der Waals surface area contributed by atoms with E-state index in [0.29, 0.717) is 6.04 Å². The summed E-state index contributed by atoms with van der Waals surface area (Å²) in [6, 6.07) is 0.541. The zero-order valence-corrected chi connectivity index (χ0v) is 8.10. The zero-order valence-electron chi connectivity index (χ0n) is 8.10. The highest BCUT2D eigenvalue weighted by Gasteiger charge is 2.20. The summed E-state index contributed by atoms with van der Waals surface area (Å²) in [6.07, 6.45) is -0.183. The number of nitrogens with zero attached hydrogens (tertiary/aromatic N) is 1. The van der Waals surface area contributed by atoms with Crippen molar-refractivity contribution in [3.63, 3.8) is 0 Å². The van der Waals surface area contributed by atoms with Crippen LogP contribution in [0.3, 0.4) is 0 Å². The summed E-state index contributed by atoms with van der Waals surface area (Å²) in [5.74, 6) is 0. The smallest absolute Gasteiger partial charge is 0.251 e. The van der Waals surface area contributed by atoms with E-state index in [-0.39, 0.29) is 6.54 Å². The summed E-state index contributed by atoms with van der Waals surface area (Å²) in [5, 5.41) is 3.34. The molecule has 1 fully saturated rings. The molecule has 0 spiro atoms. The summed E-state index contributed by atoms with van der Waals surface area (Å²) in [6.45, 7) is 4.61. The van der Waals surface area contributed by atoms with Gasteiger partial charge < -0.3 is 5.32 Å². The lowest BCUT2D eigenvalue weighted by molar-refractivity contribution is 0.0732. The summed E-state index contributed by atoms with van der Waals surface area (Å²) >= 11 is 0. The van der Waals surface area contributed by atoms with Gasteiger partial charge in [0, 0.05) is 6.04 Å². The maximum atomic E-state index is 12.0. The molecular formula is C9H18F2N2. The molecule has 0 aromatic heterocycles. The molecule has 78 valence electrons. The number of piperidine rings is 1. The van der Waals surface area contributed by atoms with Crippen LogP contribution < -0.4 is 5.32 Å². The average Bonchev–Trinajstić information content (AvgIpc) is 2.08. The van der Waals surface area contributed by atoms with Gasteiger partial charge >= 0.3 is 0 Å². The summed E-state index contributed by atoms with van der Waals surface area (Å²) < 4.78 is 24.0. The van der Waals surface area contributed by atoms with E-state index in [4.69, 9.17) is 0 Å². The van der Waals surface area contributed by atoms with E-state index >= 15 is 0 Å².